The van der Waals surface area contributed by atoms with Crippen LogP contribution in [0.25, 0.3) is 0 Å². The van der Waals surface area contributed by atoms with Crippen molar-refractivity contribution < 1.29 is 19.1 Å². The van der Waals surface area contributed by atoms with Crippen LogP contribution in [0.4, 0.5) is 0 Å². The third-order valence-electron chi connectivity index (χ3n) is 7.02. The third-order valence-corrected chi connectivity index (χ3v) is 7.02. The molecule has 3 N–H and O–H groups in total. The lowest BCUT2D eigenvalue weighted by atomic mass is 9.85. The maximum Gasteiger partial charge on any atom is 0.255 e. The van der Waals surface area contributed by atoms with Crippen molar-refractivity contribution in [3.63, 3.8) is 0 Å². The van der Waals surface area contributed by atoms with Gasteiger partial charge in [0.05, 0.1) is 5.60 Å². The van der Waals surface area contributed by atoms with E-state index in [0.29, 0.717) is 24.6 Å². The highest BCUT2D eigenvalue weighted by molar-refractivity contribution is 6.05. The van der Waals surface area contributed by atoms with Crippen LogP contribution in [0.3, 0.4) is 0 Å². The summed E-state index contributed by atoms with van der Waals surface area (Å²) in [7, 11) is 0. The number of amides is 3. The minimum Gasteiger partial charge on any atom is -0.373 e. The molecular formula is C22H28N4O4. The fraction of sp³-hybridized carbons (Fsp3) is 0.591. The summed E-state index contributed by atoms with van der Waals surface area (Å²) in [5, 5.41) is 9.45. The lowest BCUT2D eigenvalue weighted by Crippen LogP contribution is -2.53. The van der Waals surface area contributed by atoms with Crippen LogP contribution in [0.15, 0.2) is 18.2 Å². The standard InChI is InChI=1S/C22H28N4O4/c27-19-4-3-17(20(28)25-19)26-13-15-11-14(1-2-16(15)21(26)29)12-24-18-5-10-30-22(18)6-8-23-9-7-22/h1-2,11,17-18,23-24H,3-10,12-13H2,(H,25,27,28). The molecule has 4 heterocycles. The Hall–Kier alpha value is -2.29. The van der Waals surface area contributed by atoms with Crippen LogP contribution < -0.4 is 16.0 Å². The van der Waals surface area contributed by atoms with Crippen molar-refractivity contribution in [3.05, 3.63) is 34.9 Å². The van der Waals surface area contributed by atoms with Crippen LogP contribution in [0, 0.1) is 0 Å². The normalized spacial score (nSPS) is 28.1. The van der Waals surface area contributed by atoms with E-state index >= 15 is 0 Å². The Morgan fingerprint density at radius 3 is 2.80 bits per heavy atom. The van der Waals surface area contributed by atoms with Gasteiger partial charge < -0.3 is 20.3 Å². The molecule has 160 valence electrons. The van der Waals surface area contributed by atoms with E-state index in [1.165, 1.54) is 0 Å². The first kappa shape index (κ1) is 19.7. The van der Waals surface area contributed by atoms with Gasteiger partial charge in [-0.25, -0.2) is 0 Å². The summed E-state index contributed by atoms with van der Waals surface area (Å²) in [5.41, 5.74) is 2.67. The first-order valence-corrected chi connectivity index (χ1v) is 10.9. The van der Waals surface area contributed by atoms with Gasteiger partial charge in [-0.2, -0.15) is 0 Å². The molecule has 3 amide bonds. The van der Waals surface area contributed by atoms with E-state index in [-0.39, 0.29) is 29.7 Å². The maximum absolute atomic E-state index is 12.8. The Kier molecular flexibility index (Phi) is 5.08. The summed E-state index contributed by atoms with van der Waals surface area (Å²) >= 11 is 0. The lowest BCUT2D eigenvalue weighted by molar-refractivity contribution is -0.136. The van der Waals surface area contributed by atoms with Gasteiger partial charge in [0.15, 0.2) is 0 Å². The predicted molar refractivity (Wildman–Crippen MR) is 109 cm³/mol. The first-order valence-electron chi connectivity index (χ1n) is 10.9. The number of nitrogens with one attached hydrogen (secondary N) is 3. The van der Waals surface area contributed by atoms with Crippen molar-refractivity contribution in [1.29, 1.82) is 0 Å². The zero-order valence-corrected chi connectivity index (χ0v) is 17.0. The summed E-state index contributed by atoms with van der Waals surface area (Å²) in [4.78, 5) is 38.0. The molecular weight excluding hydrogens is 384 g/mol. The van der Waals surface area contributed by atoms with Crippen LogP contribution in [-0.4, -0.2) is 60.0 Å². The summed E-state index contributed by atoms with van der Waals surface area (Å²) in [6.07, 6.45) is 3.74. The van der Waals surface area contributed by atoms with Gasteiger partial charge >= 0.3 is 0 Å². The van der Waals surface area contributed by atoms with Gasteiger partial charge in [0.1, 0.15) is 6.04 Å². The fourth-order valence-electron chi connectivity index (χ4n) is 5.35. The number of rotatable bonds is 4. The van der Waals surface area contributed by atoms with Crippen LogP contribution >= 0.6 is 0 Å². The van der Waals surface area contributed by atoms with Crippen molar-refractivity contribution in [1.82, 2.24) is 20.9 Å². The van der Waals surface area contributed by atoms with Gasteiger partial charge in [-0.1, -0.05) is 12.1 Å². The predicted octanol–water partition coefficient (Wildman–Crippen LogP) is 0.448. The molecule has 1 aromatic carbocycles. The van der Waals surface area contributed by atoms with Crippen LogP contribution in [0.1, 0.15) is 53.6 Å². The van der Waals surface area contributed by atoms with Crippen molar-refractivity contribution in [2.24, 2.45) is 0 Å². The van der Waals surface area contributed by atoms with E-state index in [9.17, 15) is 14.4 Å². The molecule has 0 radical (unpaired) electrons. The molecule has 0 bridgehead atoms. The molecule has 1 spiro atoms. The highest BCUT2D eigenvalue weighted by Gasteiger charge is 2.44. The molecule has 0 aliphatic carbocycles. The van der Waals surface area contributed by atoms with Gasteiger partial charge in [-0.15, -0.1) is 0 Å². The first-order chi connectivity index (χ1) is 14.6. The van der Waals surface area contributed by atoms with Gasteiger partial charge in [-0.05, 0) is 56.0 Å². The SMILES string of the molecule is O=C1CCC(N2Cc3cc(CNC4CCOC45CCNCC5)ccc3C2=O)C(=O)N1. The van der Waals surface area contributed by atoms with Crippen LogP contribution in [-0.2, 0) is 27.4 Å². The Morgan fingerprint density at radius 1 is 1.17 bits per heavy atom. The second-order valence-electron chi connectivity index (χ2n) is 8.78. The Bertz CT molecular complexity index is 880. The minimum absolute atomic E-state index is 0.0550. The van der Waals surface area contributed by atoms with E-state index < -0.39 is 6.04 Å². The second kappa shape index (κ2) is 7.76. The smallest absolute Gasteiger partial charge is 0.255 e. The maximum atomic E-state index is 12.8. The van der Waals surface area contributed by atoms with E-state index in [1.807, 2.05) is 12.1 Å². The number of imide groups is 1. The number of hydrogen-bond acceptors (Lipinski definition) is 6. The van der Waals surface area contributed by atoms with Crippen molar-refractivity contribution >= 4 is 17.7 Å². The molecule has 2 unspecified atom stereocenters. The number of piperidine rings is 2. The van der Waals surface area contributed by atoms with Gasteiger partial charge in [-0.3, -0.25) is 19.7 Å². The monoisotopic (exact) mass is 412 g/mol. The number of nitrogens with zero attached hydrogens (tertiary/aromatic N) is 1. The molecule has 30 heavy (non-hydrogen) atoms. The second-order valence-corrected chi connectivity index (χ2v) is 8.78. The molecule has 3 saturated heterocycles. The van der Waals surface area contributed by atoms with E-state index in [2.05, 4.69) is 22.0 Å². The van der Waals surface area contributed by atoms with E-state index in [1.54, 1.807) is 4.90 Å². The van der Waals surface area contributed by atoms with Crippen molar-refractivity contribution in [2.45, 2.75) is 62.9 Å². The summed E-state index contributed by atoms with van der Waals surface area (Å²) in [6.45, 7) is 3.93. The Morgan fingerprint density at radius 2 is 2.00 bits per heavy atom. The van der Waals surface area contributed by atoms with Gasteiger partial charge in [0.2, 0.25) is 11.8 Å². The average Bonchev–Trinajstić information content (AvgIpc) is 3.27. The molecule has 0 aromatic heterocycles. The molecule has 4 aliphatic heterocycles. The van der Waals surface area contributed by atoms with Crippen molar-refractivity contribution in [3.8, 4) is 0 Å². The highest BCUT2D eigenvalue weighted by Crippen LogP contribution is 2.34. The molecule has 1 aromatic rings. The third kappa shape index (κ3) is 3.42. The minimum atomic E-state index is -0.570. The molecule has 5 rings (SSSR count). The number of fused-ring (bicyclic) bond motifs is 1. The average molecular weight is 412 g/mol. The number of carbonyl (C=O) groups is 3. The molecule has 8 nitrogen and oxygen atoms in total. The highest BCUT2D eigenvalue weighted by atomic mass is 16.5. The topological polar surface area (TPSA) is 99.8 Å². The molecule has 3 fully saturated rings. The number of benzene rings is 1. The molecule has 8 heteroatoms. The number of hydrogen-bond donors (Lipinski definition) is 3. The molecule has 0 saturated carbocycles. The fourth-order valence-corrected chi connectivity index (χ4v) is 5.35. The van der Waals surface area contributed by atoms with Crippen molar-refractivity contribution in [2.75, 3.05) is 19.7 Å². The largest absolute Gasteiger partial charge is 0.373 e. The van der Waals surface area contributed by atoms with Crippen LogP contribution in [0.5, 0.6) is 0 Å². The Labute approximate surface area is 175 Å². The summed E-state index contributed by atoms with van der Waals surface area (Å²) < 4.78 is 6.15. The van der Waals surface area contributed by atoms with Gasteiger partial charge in [0, 0.05) is 37.7 Å². The lowest BCUT2D eigenvalue weighted by Gasteiger charge is -2.38. The quantitative estimate of drug-likeness (QED) is 0.621. The zero-order valence-electron chi connectivity index (χ0n) is 17.0. The molecule has 4 aliphatic rings. The zero-order chi connectivity index (χ0) is 20.7. The number of carbonyl (C=O) groups excluding carboxylic acids is 3. The molecule has 2 atom stereocenters. The number of ether oxygens (including phenoxy) is 1. The summed E-state index contributed by atoms with van der Waals surface area (Å²) in [5.74, 6) is -0.768. The van der Waals surface area contributed by atoms with E-state index in [0.717, 1.165) is 56.6 Å². The van der Waals surface area contributed by atoms with Gasteiger partial charge in [0.25, 0.3) is 5.91 Å². The summed E-state index contributed by atoms with van der Waals surface area (Å²) in [6, 6.07) is 5.69. The van der Waals surface area contributed by atoms with Crippen LogP contribution in [0.2, 0.25) is 0 Å². The van der Waals surface area contributed by atoms with E-state index in [4.69, 9.17) is 4.74 Å². The Balaban J connectivity index is 1.26.